The number of benzene rings is 1. The zero-order chi connectivity index (χ0) is 21.5. The first-order valence-corrected chi connectivity index (χ1v) is 12.4. The number of ether oxygens (including phenoxy) is 2. The Morgan fingerprint density at radius 3 is 2.68 bits per heavy atom. The first-order valence-electron chi connectivity index (χ1n) is 11.6. The highest BCUT2D eigenvalue weighted by molar-refractivity contribution is 7.16. The van der Waals surface area contributed by atoms with Crippen LogP contribution in [0.5, 0.6) is 11.5 Å². The maximum atomic E-state index is 12.3. The summed E-state index contributed by atoms with van der Waals surface area (Å²) in [5, 5.41) is 3.68. The van der Waals surface area contributed by atoms with Gasteiger partial charge in [-0.2, -0.15) is 0 Å². The lowest BCUT2D eigenvalue weighted by Gasteiger charge is -2.36. The molecule has 10 heteroatoms. The molecule has 1 N–H and O–H groups in total. The molecule has 1 atom stereocenters. The zero-order valence-electron chi connectivity index (χ0n) is 18.9. The Hall–Kier alpha value is -1.84. The van der Waals surface area contributed by atoms with E-state index in [1.54, 1.807) is 6.20 Å². The number of pyridine rings is 1. The lowest BCUT2D eigenvalue weighted by atomic mass is 9.90. The fourth-order valence-electron chi connectivity index (χ4n) is 5.28. The molecule has 7 nitrogen and oxygen atoms in total. The average molecular weight is 526 g/mol. The highest BCUT2D eigenvalue weighted by atomic mass is 35.5. The predicted octanol–water partition coefficient (Wildman–Crippen LogP) is 3.81. The van der Waals surface area contributed by atoms with Crippen LogP contribution in [0.1, 0.15) is 36.4 Å². The van der Waals surface area contributed by atoms with Crippen molar-refractivity contribution in [3.63, 3.8) is 0 Å². The van der Waals surface area contributed by atoms with Crippen molar-refractivity contribution in [2.75, 3.05) is 32.8 Å². The van der Waals surface area contributed by atoms with Crippen molar-refractivity contribution in [2.24, 2.45) is 0 Å². The minimum Gasteiger partial charge on any atom is -0.486 e. The van der Waals surface area contributed by atoms with Gasteiger partial charge in [-0.15, -0.1) is 24.8 Å². The molecule has 0 aliphatic carbocycles. The number of fused-ring (bicyclic) bond motifs is 1. The van der Waals surface area contributed by atoms with Gasteiger partial charge in [0.25, 0.3) is 0 Å². The predicted molar refractivity (Wildman–Crippen MR) is 139 cm³/mol. The van der Waals surface area contributed by atoms with E-state index < -0.39 is 0 Å². The molecular weight excluding hydrogens is 495 g/mol. The second-order valence-electron chi connectivity index (χ2n) is 8.97. The van der Waals surface area contributed by atoms with E-state index in [9.17, 15) is 4.79 Å². The number of nitrogens with zero attached hydrogens (tertiary/aromatic N) is 3. The molecule has 184 valence electrons. The maximum Gasteiger partial charge on any atom is 0.308 e. The molecular formula is C24H30Cl2N4O3S. The molecule has 6 rings (SSSR count). The summed E-state index contributed by atoms with van der Waals surface area (Å²) in [6.07, 6.45) is 5.11. The van der Waals surface area contributed by atoms with Gasteiger partial charge in [0.2, 0.25) is 0 Å². The number of piperidine rings is 1. The van der Waals surface area contributed by atoms with Gasteiger partial charge in [0.05, 0.1) is 22.1 Å². The highest BCUT2D eigenvalue weighted by Crippen LogP contribution is 2.35. The topological polar surface area (TPSA) is 68.6 Å². The van der Waals surface area contributed by atoms with Crippen LogP contribution in [0.4, 0.5) is 0 Å². The largest absolute Gasteiger partial charge is 0.486 e. The van der Waals surface area contributed by atoms with Gasteiger partial charge in [-0.05, 0) is 44.0 Å². The maximum absolute atomic E-state index is 12.3. The van der Waals surface area contributed by atoms with Crippen LogP contribution < -0.4 is 19.7 Å². The van der Waals surface area contributed by atoms with Crippen molar-refractivity contribution >= 4 is 46.4 Å². The number of hydrogen-bond donors (Lipinski definition) is 1. The number of para-hydroxylation sites is 1. The quantitative estimate of drug-likeness (QED) is 0.547. The molecule has 3 aliphatic heterocycles. The fourth-order valence-corrected chi connectivity index (χ4v) is 6.23. The summed E-state index contributed by atoms with van der Waals surface area (Å²) < 4.78 is 14.3. The Balaban J connectivity index is 0.00000137. The van der Waals surface area contributed by atoms with Crippen molar-refractivity contribution in [3.05, 3.63) is 51.4 Å². The Bertz CT molecular complexity index is 1190. The Labute approximate surface area is 215 Å². The van der Waals surface area contributed by atoms with E-state index in [0.29, 0.717) is 25.2 Å². The van der Waals surface area contributed by atoms with E-state index >= 15 is 0 Å². The third-order valence-corrected chi connectivity index (χ3v) is 7.93. The van der Waals surface area contributed by atoms with Crippen molar-refractivity contribution in [1.82, 2.24) is 19.8 Å². The molecule has 0 saturated carbocycles. The van der Waals surface area contributed by atoms with E-state index in [0.717, 1.165) is 73.9 Å². The van der Waals surface area contributed by atoms with Crippen molar-refractivity contribution in [1.29, 1.82) is 0 Å². The SMILES string of the molecule is Cl.Cl.O=c1sc2cccc3c2n1CCC3CN1CCC(NCc2cc3c(cn2)OCCO3)CC1. The molecule has 0 amide bonds. The number of halogens is 2. The van der Waals surface area contributed by atoms with Crippen LogP contribution >= 0.6 is 36.2 Å². The van der Waals surface area contributed by atoms with Gasteiger partial charge < -0.3 is 19.7 Å². The van der Waals surface area contributed by atoms with E-state index in [2.05, 4.69) is 33.4 Å². The standard InChI is InChI=1S/C24H28N4O3S.2ClH/c29-24-28-9-4-16(19-2-1-3-22(32-24)23(19)28)15-27-7-5-17(6-8-27)25-13-18-12-20-21(14-26-18)31-11-10-30-20;;/h1-3,12,14,16-17,25H,4-11,13,15H2;2*1H. The number of nitrogens with one attached hydrogen (secondary N) is 1. The molecule has 0 spiro atoms. The van der Waals surface area contributed by atoms with Gasteiger partial charge in [0, 0.05) is 37.7 Å². The first kappa shape index (κ1) is 25.3. The lowest BCUT2D eigenvalue weighted by Crippen LogP contribution is -2.44. The molecule has 3 aliphatic rings. The van der Waals surface area contributed by atoms with Gasteiger partial charge in [0.1, 0.15) is 13.2 Å². The van der Waals surface area contributed by atoms with E-state index in [1.807, 2.05) is 10.6 Å². The van der Waals surface area contributed by atoms with Crippen LogP contribution in [-0.4, -0.2) is 53.3 Å². The zero-order valence-corrected chi connectivity index (χ0v) is 21.4. The first-order chi connectivity index (χ1) is 15.7. The number of likely N-dealkylation sites (tertiary alicyclic amines) is 1. The molecule has 5 heterocycles. The number of thiazole rings is 1. The molecule has 1 fully saturated rings. The van der Waals surface area contributed by atoms with Crippen LogP contribution in [0.3, 0.4) is 0 Å². The Morgan fingerprint density at radius 2 is 1.85 bits per heavy atom. The smallest absolute Gasteiger partial charge is 0.308 e. The Kier molecular flexibility index (Phi) is 8.05. The summed E-state index contributed by atoms with van der Waals surface area (Å²) in [4.78, 5) is 19.6. The number of hydrogen-bond acceptors (Lipinski definition) is 7. The van der Waals surface area contributed by atoms with Crippen molar-refractivity contribution < 1.29 is 9.47 Å². The second-order valence-corrected chi connectivity index (χ2v) is 9.97. The highest BCUT2D eigenvalue weighted by Gasteiger charge is 2.27. The van der Waals surface area contributed by atoms with Crippen molar-refractivity contribution in [2.45, 2.75) is 44.3 Å². The van der Waals surface area contributed by atoms with Crippen molar-refractivity contribution in [3.8, 4) is 11.5 Å². The summed E-state index contributed by atoms with van der Waals surface area (Å²) in [6, 6.07) is 8.92. The van der Waals surface area contributed by atoms with Gasteiger partial charge in [0.15, 0.2) is 11.5 Å². The molecule has 1 unspecified atom stereocenters. The molecule has 0 radical (unpaired) electrons. The monoisotopic (exact) mass is 524 g/mol. The fraction of sp³-hybridized carbons (Fsp3) is 0.500. The van der Waals surface area contributed by atoms with Gasteiger partial charge in [-0.25, -0.2) is 0 Å². The summed E-state index contributed by atoms with van der Waals surface area (Å²) in [7, 11) is 0. The molecule has 1 saturated heterocycles. The van der Waals surface area contributed by atoms with E-state index in [-0.39, 0.29) is 29.7 Å². The molecule has 2 aromatic heterocycles. The summed E-state index contributed by atoms with van der Waals surface area (Å²) >= 11 is 1.38. The number of aryl methyl sites for hydroxylation is 1. The third-order valence-electron chi connectivity index (χ3n) is 6.98. The van der Waals surface area contributed by atoms with Gasteiger partial charge in [-0.1, -0.05) is 23.5 Å². The van der Waals surface area contributed by atoms with Crippen LogP contribution in [0.2, 0.25) is 0 Å². The molecule has 34 heavy (non-hydrogen) atoms. The number of rotatable bonds is 5. The minimum atomic E-state index is 0. The summed E-state index contributed by atoms with van der Waals surface area (Å²) in [5.41, 5.74) is 3.54. The minimum absolute atomic E-state index is 0. The normalized spacial score (nSPS) is 19.9. The second kappa shape index (κ2) is 10.8. The third kappa shape index (κ3) is 4.93. The summed E-state index contributed by atoms with van der Waals surface area (Å²) in [5.74, 6) is 2.06. The lowest BCUT2D eigenvalue weighted by molar-refractivity contribution is 0.170. The average Bonchev–Trinajstić information content (AvgIpc) is 3.16. The van der Waals surface area contributed by atoms with E-state index in [4.69, 9.17) is 9.47 Å². The van der Waals surface area contributed by atoms with Crippen LogP contribution in [0.25, 0.3) is 10.2 Å². The van der Waals surface area contributed by atoms with Crippen LogP contribution in [0, 0.1) is 0 Å². The van der Waals surface area contributed by atoms with Gasteiger partial charge in [-0.3, -0.25) is 14.3 Å². The Morgan fingerprint density at radius 1 is 1.06 bits per heavy atom. The summed E-state index contributed by atoms with van der Waals surface area (Å²) in [6.45, 7) is 6.09. The van der Waals surface area contributed by atoms with Crippen LogP contribution in [-0.2, 0) is 13.1 Å². The number of aromatic nitrogens is 2. The van der Waals surface area contributed by atoms with Crippen LogP contribution in [0.15, 0.2) is 35.3 Å². The van der Waals surface area contributed by atoms with E-state index in [1.165, 1.54) is 22.4 Å². The molecule has 3 aromatic rings. The molecule has 0 bridgehead atoms. The van der Waals surface area contributed by atoms with Gasteiger partial charge >= 0.3 is 4.87 Å². The molecule has 1 aromatic carbocycles.